The molecule has 0 saturated carbocycles. The Morgan fingerprint density at radius 1 is 1.03 bits per heavy atom. The largest absolute Gasteiger partial charge is 0.484 e. The standard InChI is InChI=1S/C28H30BrFN2O3/c1-4-31-28(34)25(16-21-10-6-5-7-11-21)32(17-22-12-8-9-13-24(22)30)26(33)18-35-23-14-19(2)27(29)20(3)15-23/h5-15,25H,4,16-18H2,1-3H3,(H,31,34)/t25-/m0/s1. The predicted molar refractivity (Wildman–Crippen MR) is 139 cm³/mol. The lowest BCUT2D eigenvalue weighted by atomic mass is 10.0. The van der Waals surface area contributed by atoms with Crippen LogP contribution in [0.15, 0.2) is 71.2 Å². The van der Waals surface area contributed by atoms with Crippen molar-refractivity contribution in [2.24, 2.45) is 0 Å². The first-order valence-corrected chi connectivity index (χ1v) is 12.3. The van der Waals surface area contributed by atoms with Crippen LogP contribution < -0.4 is 10.1 Å². The Morgan fingerprint density at radius 2 is 1.66 bits per heavy atom. The Morgan fingerprint density at radius 3 is 2.29 bits per heavy atom. The van der Waals surface area contributed by atoms with Crippen molar-refractivity contribution in [2.45, 2.75) is 39.8 Å². The summed E-state index contributed by atoms with van der Waals surface area (Å²) in [6, 6.07) is 18.6. The van der Waals surface area contributed by atoms with E-state index in [-0.39, 0.29) is 19.1 Å². The van der Waals surface area contributed by atoms with Gasteiger partial charge in [0.05, 0.1) is 0 Å². The first-order chi connectivity index (χ1) is 16.8. The zero-order chi connectivity index (χ0) is 25.4. The number of nitrogens with one attached hydrogen (secondary N) is 1. The van der Waals surface area contributed by atoms with Gasteiger partial charge in [-0.25, -0.2) is 4.39 Å². The molecule has 2 amide bonds. The summed E-state index contributed by atoms with van der Waals surface area (Å²) in [5.74, 6) is -0.574. The summed E-state index contributed by atoms with van der Waals surface area (Å²) in [5.41, 5.74) is 3.20. The molecule has 0 radical (unpaired) electrons. The molecule has 0 aliphatic heterocycles. The van der Waals surface area contributed by atoms with Gasteiger partial charge in [0.25, 0.3) is 5.91 Å². The Kier molecular flexibility index (Phi) is 9.43. The van der Waals surface area contributed by atoms with Gasteiger partial charge in [0.2, 0.25) is 5.91 Å². The van der Waals surface area contributed by atoms with Crippen molar-refractivity contribution < 1.29 is 18.7 Å². The lowest BCUT2D eigenvalue weighted by Crippen LogP contribution is -2.51. The van der Waals surface area contributed by atoms with Crippen LogP contribution in [0, 0.1) is 19.7 Å². The lowest BCUT2D eigenvalue weighted by molar-refractivity contribution is -0.142. The highest BCUT2D eigenvalue weighted by Crippen LogP contribution is 2.26. The third kappa shape index (κ3) is 7.15. The molecule has 7 heteroatoms. The zero-order valence-electron chi connectivity index (χ0n) is 20.2. The molecule has 0 heterocycles. The maximum absolute atomic E-state index is 14.6. The SMILES string of the molecule is CCNC(=O)[C@H](Cc1ccccc1)N(Cc1ccccc1F)C(=O)COc1cc(C)c(Br)c(C)c1. The van der Waals surface area contributed by atoms with Crippen LogP contribution in [0.3, 0.4) is 0 Å². The van der Waals surface area contributed by atoms with Crippen LogP contribution in [0.1, 0.15) is 29.2 Å². The fraction of sp³-hybridized carbons (Fsp3) is 0.286. The summed E-state index contributed by atoms with van der Waals surface area (Å²) in [5, 5.41) is 2.82. The van der Waals surface area contributed by atoms with E-state index in [0.29, 0.717) is 24.3 Å². The number of halogens is 2. The van der Waals surface area contributed by atoms with Gasteiger partial charge in [-0.3, -0.25) is 9.59 Å². The molecule has 0 saturated heterocycles. The Balaban J connectivity index is 1.91. The monoisotopic (exact) mass is 540 g/mol. The summed E-state index contributed by atoms with van der Waals surface area (Å²) in [6.07, 6.45) is 0.295. The molecule has 1 atom stereocenters. The van der Waals surface area contributed by atoms with E-state index in [4.69, 9.17) is 4.74 Å². The molecular weight excluding hydrogens is 511 g/mol. The van der Waals surface area contributed by atoms with Gasteiger partial charge in [-0.05, 0) is 55.7 Å². The minimum atomic E-state index is -0.832. The van der Waals surface area contributed by atoms with E-state index in [9.17, 15) is 14.0 Å². The van der Waals surface area contributed by atoms with Crippen molar-refractivity contribution in [3.8, 4) is 5.75 Å². The van der Waals surface area contributed by atoms with Crippen LogP contribution in [0.2, 0.25) is 0 Å². The molecule has 0 unspecified atom stereocenters. The zero-order valence-corrected chi connectivity index (χ0v) is 21.8. The number of likely N-dealkylation sites (N-methyl/N-ethyl adjacent to an activating group) is 1. The van der Waals surface area contributed by atoms with E-state index in [2.05, 4.69) is 21.2 Å². The highest BCUT2D eigenvalue weighted by molar-refractivity contribution is 9.10. The second kappa shape index (κ2) is 12.5. The van der Waals surface area contributed by atoms with Crippen LogP contribution in [0.5, 0.6) is 5.75 Å². The highest BCUT2D eigenvalue weighted by Gasteiger charge is 2.31. The molecule has 184 valence electrons. The second-order valence-corrected chi connectivity index (χ2v) is 9.17. The first-order valence-electron chi connectivity index (χ1n) is 11.5. The molecule has 0 spiro atoms. The molecule has 3 aromatic rings. The van der Waals surface area contributed by atoms with Gasteiger partial charge in [0, 0.05) is 29.5 Å². The quantitative estimate of drug-likeness (QED) is 0.376. The molecule has 35 heavy (non-hydrogen) atoms. The highest BCUT2D eigenvalue weighted by atomic mass is 79.9. The van der Waals surface area contributed by atoms with E-state index in [1.54, 1.807) is 18.2 Å². The van der Waals surface area contributed by atoms with Gasteiger partial charge in [-0.15, -0.1) is 0 Å². The third-order valence-corrected chi connectivity index (χ3v) is 6.94. The van der Waals surface area contributed by atoms with E-state index in [1.807, 2.05) is 63.2 Å². The van der Waals surface area contributed by atoms with Gasteiger partial charge in [0.1, 0.15) is 17.6 Å². The first kappa shape index (κ1) is 26.4. The molecule has 0 bridgehead atoms. The van der Waals surface area contributed by atoms with Crippen LogP contribution in [-0.4, -0.2) is 35.9 Å². The van der Waals surface area contributed by atoms with Crippen LogP contribution in [-0.2, 0) is 22.6 Å². The molecule has 0 fully saturated rings. The number of carbonyl (C=O) groups excluding carboxylic acids is 2. The van der Waals surface area contributed by atoms with Crippen molar-refractivity contribution >= 4 is 27.7 Å². The molecule has 3 rings (SSSR count). The fourth-order valence-corrected chi connectivity index (χ4v) is 4.10. The lowest BCUT2D eigenvalue weighted by Gasteiger charge is -2.31. The number of rotatable bonds is 10. The van der Waals surface area contributed by atoms with E-state index in [1.165, 1.54) is 11.0 Å². The number of aryl methyl sites for hydroxylation is 2. The normalized spacial score (nSPS) is 11.6. The number of ether oxygens (including phenoxy) is 1. The Hall–Kier alpha value is -3.19. The minimum absolute atomic E-state index is 0.0537. The average Bonchev–Trinajstić information content (AvgIpc) is 2.85. The van der Waals surface area contributed by atoms with Crippen molar-refractivity contribution in [2.75, 3.05) is 13.2 Å². The fourth-order valence-electron chi connectivity index (χ4n) is 3.87. The molecular formula is C28H30BrFN2O3. The van der Waals surface area contributed by atoms with Crippen molar-refractivity contribution in [1.82, 2.24) is 10.2 Å². The molecule has 0 aliphatic rings. The number of benzene rings is 3. The number of hydrogen-bond donors (Lipinski definition) is 1. The topological polar surface area (TPSA) is 58.6 Å². The third-order valence-electron chi connectivity index (χ3n) is 5.69. The number of hydrogen-bond acceptors (Lipinski definition) is 3. The van der Waals surface area contributed by atoms with E-state index in [0.717, 1.165) is 21.2 Å². The van der Waals surface area contributed by atoms with Gasteiger partial charge >= 0.3 is 0 Å². The van der Waals surface area contributed by atoms with Gasteiger partial charge in [-0.1, -0.05) is 64.5 Å². The summed E-state index contributed by atoms with van der Waals surface area (Å²) < 4.78 is 21.4. The maximum Gasteiger partial charge on any atom is 0.261 e. The van der Waals surface area contributed by atoms with Gasteiger partial charge < -0.3 is 15.0 Å². The minimum Gasteiger partial charge on any atom is -0.484 e. The average molecular weight is 541 g/mol. The second-order valence-electron chi connectivity index (χ2n) is 8.37. The summed E-state index contributed by atoms with van der Waals surface area (Å²) in [4.78, 5) is 28.0. The summed E-state index contributed by atoms with van der Waals surface area (Å²) >= 11 is 3.53. The van der Waals surface area contributed by atoms with Crippen LogP contribution in [0.4, 0.5) is 4.39 Å². The van der Waals surface area contributed by atoms with Crippen molar-refractivity contribution in [3.63, 3.8) is 0 Å². The van der Waals surface area contributed by atoms with Gasteiger partial charge in [-0.2, -0.15) is 0 Å². The van der Waals surface area contributed by atoms with Crippen LogP contribution >= 0.6 is 15.9 Å². The molecule has 1 N–H and O–H groups in total. The predicted octanol–water partition coefficient (Wildman–Crippen LogP) is 5.36. The summed E-state index contributed by atoms with van der Waals surface area (Å²) in [6.45, 7) is 5.80. The maximum atomic E-state index is 14.6. The number of nitrogens with zero attached hydrogens (tertiary/aromatic N) is 1. The number of amides is 2. The molecule has 5 nitrogen and oxygen atoms in total. The smallest absolute Gasteiger partial charge is 0.261 e. The molecule has 3 aromatic carbocycles. The van der Waals surface area contributed by atoms with E-state index < -0.39 is 17.8 Å². The Bertz CT molecular complexity index is 1150. The van der Waals surface area contributed by atoms with Crippen molar-refractivity contribution in [3.05, 3.63) is 99.3 Å². The van der Waals surface area contributed by atoms with E-state index >= 15 is 0 Å². The Labute approximate surface area is 214 Å². The number of carbonyl (C=O) groups is 2. The summed E-state index contributed by atoms with van der Waals surface area (Å²) in [7, 11) is 0. The molecule has 0 aliphatic carbocycles. The van der Waals surface area contributed by atoms with Crippen molar-refractivity contribution in [1.29, 1.82) is 0 Å². The van der Waals surface area contributed by atoms with Crippen LogP contribution in [0.25, 0.3) is 0 Å². The van der Waals surface area contributed by atoms with Gasteiger partial charge in [0.15, 0.2) is 6.61 Å². The molecule has 0 aromatic heterocycles.